The Hall–Kier alpha value is -1.36. The molecule has 5 heteroatoms. The highest BCUT2D eigenvalue weighted by Crippen LogP contribution is 2.33. The summed E-state index contributed by atoms with van der Waals surface area (Å²) in [5.41, 5.74) is 1.01. The zero-order chi connectivity index (χ0) is 14.7. The van der Waals surface area contributed by atoms with Crippen molar-refractivity contribution >= 4 is 22.6 Å². The molecular weight excluding hydrogens is 284 g/mol. The van der Waals surface area contributed by atoms with Gasteiger partial charge < -0.3 is 14.8 Å². The molecule has 1 atom stereocenters. The van der Waals surface area contributed by atoms with Crippen molar-refractivity contribution in [3.63, 3.8) is 0 Å². The van der Waals surface area contributed by atoms with Crippen LogP contribution in [0.2, 0.25) is 0 Å². The minimum absolute atomic E-state index is 0.425. The predicted octanol–water partition coefficient (Wildman–Crippen LogP) is 3.78. The Morgan fingerprint density at radius 3 is 2.86 bits per heavy atom. The van der Waals surface area contributed by atoms with E-state index in [0.717, 1.165) is 47.6 Å². The molecule has 4 nitrogen and oxygen atoms in total. The van der Waals surface area contributed by atoms with Crippen molar-refractivity contribution in [1.29, 1.82) is 0 Å². The Morgan fingerprint density at radius 2 is 2.05 bits per heavy atom. The fourth-order valence-corrected chi connectivity index (χ4v) is 3.40. The lowest BCUT2D eigenvalue weighted by Gasteiger charge is -2.23. The van der Waals surface area contributed by atoms with E-state index in [1.54, 1.807) is 11.8 Å². The van der Waals surface area contributed by atoms with Crippen LogP contribution in [-0.4, -0.2) is 30.2 Å². The van der Waals surface area contributed by atoms with Crippen LogP contribution in [0.3, 0.4) is 0 Å². The first-order chi connectivity index (χ1) is 10.2. The summed E-state index contributed by atoms with van der Waals surface area (Å²) in [7, 11) is 0. The average Bonchev–Trinajstić information content (AvgIpc) is 2.72. The zero-order valence-electron chi connectivity index (χ0n) is 12.6. The molecule has 0 fully saturated rings. The van der Waals surface area contributed by atoms with Crippen LogP contribution in [0.4, 0.5) is 5.69 Å². The fourth-order valence-electron chi connectivity index (χ4n) is 2.44. The molecule has 1 aromatic rings. The molecular formula is C16H22N2O2S. The normalized spacial score (nSPS) is 21.7. The lowest BCUT2D eigenvalue weighted by molar-refractivity contribution is 0.297. The van der Waals surface area contributed by atoms with Crippen LogP contribution in [-0.2, 0) is 0 Å². The number of rotatable bonds is 2. The van der Waals surface area contributed by atoms with E-state index in [1.165, 1.54) is 0 Å². The summed E-state index contributed by atoms with van der Waals surface area (Å²) in [6.07, 6.45) is 2.09. The summed E-state index contributed by atoms with van der Waals surface area (Å²) < 4.78 is 11.4. The molecule has 0 radical (unpaired) electrons. The van der Waals surface area contributed by atoms with Crippen LogP contribution in [0, 0.1) is 5.92 Å². The Bertz CT molecular complexity index is 531. The van der Waals surface area contributed by atoms with Gasteiger partial charge in [0.1, 0.15) is 0 Å². The number of ether oxygens (including phenoxy) is 2. The molecule has 2 heterocycles. The molecule has 3 rings (SSSR count). The van der Waals surface area contributed by atoms with E-state index in [-0.39, 0.29) is 0 Å². The number of hydrogen-bond acceptors (Lipinski definition) is 5. The quantitative estimate of drug-likeness (QED) is 0.903. The van der Waals surface area contributed by atoms with Gasteiger partial charge in [-0.25, -0.2) is 0 Å². The van der Waals surface area contributed by atoms with Crippen molar-refractivity contribution in [2.45, 2.75) is 32.7 Å². The largest absolute Gasteiger partial charge is 0.490 e. The lowest BCUT2D eigenvalue weighted by Crippen LogP contribution is -2.23. The zero-order valence-corrected chi connectivity index (χ0v) is 13.4. The molecule has 0 bridgehead atoms. The van der Waals surface area contributed by atoms with Crippen molar-refractivity contribution in [2.75, 3.05) is 24.3 Å². The van der Waals surface area contributed by atoms with Gasteiger partial charge in [0.05, 0.1) is 19.3 Å². The van der Waals surface area contributed by atoms with Gasteiger partial charge in [-0.05, 0) is 24.5 Å². The predicted molar refractivity (Wildman–Crippen MR) is 88.8 cm³/mol. The lowest BCUT2D eigenvalue weighted by atomic mass is 10.0. The Balaban J connectivity index is 1.74. The maximum absolute atomic E-state index is 5.73. The second-order valence-electron chi connectivity index (χ2n) is 5.72. The molecule has 1 unspecified atom stereocenters. The van der Waals surface area contributed by atoms with Crippen LogP contribution in [0.25, 0.3) is 0 Å². The molecule has 2 aliphatic rings. The number of anilines is 1. The third kappa shape index (κ3) is 3.64. The summed E-state index contributed by atoms with van der Waals surface area (Å²) in [6.45, 7) is 5.89. The number of fused-ring (bicyclic) bond motifs is 1. The summed E-state index contributed by atoms with van der Waals surface area (Å²) in [5.74, 6) is 3.36. The molecule has 0 spiro atoms. The highest BCUT2D eigenvalue weighted by Gasteiger charge is 2.19. The van der Waals surface area contributed by atoms with E-state index >= 15 is 0 Å². The van der Waals surface area contributed by atoms with Crippen LogP contribution < -0.4 is 14.8 Å². The standard InChI is InChI=1S/C16H22N2O2S/c1-11(2)13-6-9-21-16(18-13)17-12-4-5-14-15(10-12)20-8-3-7-19-14/h4-5,10-11,13H,3,6-9H2,1-2H3,(H,17,18). The number of thioether (sulfide) groups is 1. The summed E-state index contributed by atoms with van der Waals surface area (Å²) >= 11 is 1.79. The van der Waals surface area contributed by atoms with E-state index in [0.29, 0.717) is 18.6 Å². The van der Waals surface area contributed by atoms with Gasteiger partial charge in [0, 0.05) is 23.9 Å². The third-order valence-electron chi connectivity index (χ3n) is 3.70. The molecule has 21 heavy (non-hydrogen) atoms. The molecule has 0 saturated heterocycles. The molecule has 0 aliphatic carbocycles. The van der Waals surface area contributed by atoms with Crippen LogP contribution in [0.5, 0.6) is 11.5 Å². The first kappa shape index (κ1) is 14.6. The average molecular weight is 306 g/mol. The number of nitrogens with one attached hydrogen (secondary N) is 1. The van der Waals surface area contributed by atoms with Gasteiger partial charge in [-0.3, -0.25) is 4.99 Å². The van der Waals surface area contributed by atoms with Gasteiger partial charge in [-0.1, -0.05) is 25.6 Å². The van der Waals surface area contributed by atoms with Crippen LogP contribution in [0.1, 0.15) is 26.7 Å². The molecule has 0 saturated carbocycles. The number of hydrogen-bond donors (Lipinski definition) is 1. The smallest absolute Gasteiger partial charge is 0.163 e. The monoisotopic (exact) mass is 306 g/mol. The van der Waals surface area contributed by atoms with Crippen molar-refractivity contribution in [1.82, 2.24) is 0 Å². The van der Waals surface area contributed by atoms with Crippen molar-refractivity contribution < 1.29 is 9.47 Å². The molecule has 0 amide bonds. The number of amidine groups is 1. The third-order valence-corrected chi connectivity index (χ3v) is 4.62. The minimum Gasteiger partial charge on any atom is -0.490 e. The number of benzene rings is 1. The van der Waals surface area contributed by atoms with Crippen molar-refractivity contribution in [3.05, 3.63) is 18.2 Å². The highest BCUT2D eigenvalue weighted by molar-refractivity contribution is 8.14. The second-order valence-corrected chi connectivity index (χ2v) is 6.80. The van der Waals surface area contributed by atoms with Crippen molar-refractivity contribution in [2.24, 2.45) is 10.9 Å². The maximum Gasteiger partial charge on any atom is 0.163 e. The van der Waals surface area contributed by atoms with E-state index in [9.17, 15) is 0 Å². The summed E-state index contributed by atoms with van der Waals surface area (Å²) in [5, 5.41) is 4.42. The molecule has 1 N–H and O–H groups in total. The number of aliphatic imine (C=N–C) groups is 1. The molecule has 1 aromatic carbocycles. The van der Waals surface area contributed by atoms with Gasteiger partial charge in [0.25, 0.3) is 0 Å². The van der Waals surface area contributed by atoms with Crippen molar-refractivity contribution in [3.8, 4) is 11.5 Å². The van der Waals surface area contributed by atoms with E-state index in [2.05, 4.69) is 19.2 Å². The van der Waals surface area contributed by atoms with Crippen LogP contribution in [0.15, 0.2) is 23.2 Å². The van der Waals surface area contributed by atoms with Crippen LogP contribution >= 0.6 is 11.8 Å². The van der Waals surface area contributed by atoms with Gasteiger partial charge in [-0.2, -0.15) is 0 Å². The summed E-state index contributed by atoms with van der Waals surface area (Å²) in [6, 6.07) is 6.42. The SMILES string of the molecule is CC(C)C1CCSC(Nc2ccc3c(c2)OCCCO3)=N1. The fraction of sp³-hybridized carbons (Fsp3) is 0.562. The molecule has 114 valence electrons. The maximum atomic E-state index is 5.73. The Labute approximate surface area is 130 Å². The van der Waals surface area contributed by atoms with Gasteiger partial charge in [0.15, 0.2) is 16.7 Å². The minimum atomic E-state index is 0.425. The van der Waals surface area contributed by atoms with E-state index in [4.69, 9.17) is 14.5 Å². The second kappa shape index (κ2) is 6.60. The number of nitrogens with zero attached hydrogens (tertiary/aromatic N) is 1. The molecule has 0 aromatic heterocycles. The highest BCUT2D eigenvalue weighted by atomic mass is 32.2. The summed E-state index contributed by atoms with van der Waals surface area (Å²) in [4.78, 5) is 4.80. The Kier molecular flexibility index (Phi) is 4.58. The van der Waals surface area contributed by atoms with Gasteiger partial charge in [-0.15, -0.1) is 0 Å². The first-order valence-electron chi connectivity index (χ1n) is 7.59. The van der Waals surface area contributed by atoms with Gasteiger partial charge in [0.2, 0.25) is 0 Å². The topological polar surface area (TPSA) is 42.8 Å². The first-order valence-corrected chi connectivity index (χ1v) is 8.58. The van der Waals surface area contributed by atoms with E-state index < -0.39 is 0 Å². The van der Waals surface area contributed by atoms with Gasteiger partial charge >= 0.3 is 0 Å². The molecule has 2 aliphatic heterocycles. The Morgan fingerprint density at radius 1 is 1.24 bits per heavy atom. The van der Waals surface area contributed by atoms with E-state index in [1.807, 2.05) is 18.2 Å².